The van der Waals surface area contributed by atoms with E-state index in [2.05, 4.69) is 10.1 Å². The lowest BCUT2D eigenvalue weighted by Gasteiger charge is -2.47. The van der Waals surface area contributed by atoms with Crippen molar-refractivity contribution in [3.63, 3.8) is 0 Å². The van der Waals surface area contributed by atoms with E-state index in [9.17, 15) is 22.4 Å². The summed E-state index contributed by atoms with van der Waals surface area (Å²) in [5, 5.41) is 6.66. The number of benzene rings is 1. The number of aromatic nitrogens is 4. The van der Waals surface area contributed by atoms with Crippen LogP contribution < -0.4 is 10.7 Å². The van der Waals surface area contributed by atoms with Gasteiger partial charge in [-0.15, -0.1) is 5.10 Å². The molecule has 1 saturated heterocycles. The molecule has 0 amide bonds. The van der Waals surface area contributed by atoms with Gasteiger partial charge < -0.3 is 0 Å². The molecule has 3 heterocycles. The van der Waals surface area contributed by atoms with Crippen LogP contribution >= 0.6 is 0 Å². The minimum Gasteiger partial charge on any atom is -0.292 e. The van der Waals surface area contributed by atoms with Crippen molar-refractivity contribution in [2.45, 2.75) is 52.0 Å². The highest BCUT2D eigenvalue weighted by atomic mass is 19.4. The Morgan fingerprint density at radius 2 is 1.85 bits per heavy atom. The Balaban J connectivity index is 1.65. The van der Waals surface area contributed by atoms with Gasteiger partial charge in [0.1, 0.15) is 11.3 Å². The van der Waals surface area contributed by atoms with E-state index < -0.39 is 23.6 Å². The molecule has 11 heteroatoms. The average molecular weight is 466 g/mol. The number of piperazine rings is 1. The molecule has 1 fully saturated rings. The monoisotopic (exact) mass is 466 g/mol. The summed E-state index contributed by atoms with van der Waals surface area (Å²) >= 11 is 0. The normalized spacial score (nSPS) is 21.1. The molecular formula is C22H26F4N6O. The number of hydrogen-bond donors (Lipinski definition) is 0. The molecule has 1 unspecified atom stereocenters. The summed E-state index contributed by atoms with van der Waals surface area (Å²) in [6.07, 6.45) is -3.20. The van der Waals surface area contributed by atoms with Crippen LogP contribution in [0.1, 0.15) is 43.6 Å². The van der Waals surface area contributed by atoms with Gasteiger partial charge in [0.25, 0.3) is 0 Å². The summed E-state index contributed by atoms with van der Waals surface area (Å²) in [4.78, 5) is 19.5. The van der Waals surface area contributed by atoms with Crippen LogP contribution in [0.2, 0.25) is 0 Å². The van der Waals surface area contributed by atoms with E-state index in [0.29, 0.717) is 30.2 Å². The molecule has 33 heavy (non-hydrogen) atoms. The van der Waals surface area contributed by atoms with Crippen molar-refractivity contribution >= 4 is 11.0 Å². The molecular weight excluding hydrogens is 440 g/mol. The summed E-state index contributed by atoms with van der Waals surface area (Å²) < 4.78 is 55.8. The molecule has 2 aromatic heterocycles. The SMILES string of the molecule is Cc1c2c(cnc(=O)n2C)nn1N1C[C@@H](C)N(C(C)c2ccc(F)cc2C(F)(F)F)C[C@@H]1C. The van der Waals surface area contributed by atoms with Crippen molar-refractivity contribution in [1.29, 1.82) is 0 Å². The fourth-order valence-electron chi connectivity index (χ4n) is 4.81. The number of hydrogen-bond acceptors (Lipinski definition) is 5. The van der Waals surface area contributed by atoms with Crippen LogP contribution in [-0.4, -0.2) is 49.5 Å². The number of aryl methyl sites for hydroxylation is 2. The van der Waals surface area contributed by atoms with Gasteiger partial charge in [-0.2, -0.15) is 22.9 Å². The minimum atomic E-state index is -4.64. The van der Waals surface area contributed by atoms with Crippen molar-refractivity contribution < 1.29 is 17.6 Å². The third kappa shape index (κ3) is 3.98. The Morgan fingerprint density at radius 3 is 2.52 bits per heavy atom. The van der Waals surface area contributed by atoms with E-state index in [1.165, 1.54) is 16.8 Å². The summed E-state index contributed by atoms with van der Waals surface area (Å²) in [7, 11) is 1.64. The number of alkyl halides is 3. The van der Waals surface area contributed by atoms with Crippen molar-refractivity contribution in [2.75, 3.05) is 18.1 Å². The Kier molecular flexibility index (Phi) is 5.71. The number of nitrogens with zero attached hydrogens (tertiary/aromatic N) is 6. The van der Waals surface area contributed by atoms with Crippen molar-refractivity contribution in [3.05, 3.63) is 57.5 Å². The molecule has 0 saturated carbocycles. The molecule has 0 radical (unpaired) electrons. The lowest BCUT2D eigenvalue weighted by Crippen LogP contribution is -2.61. The predicted molar refractivity (Wildman–Crippen MR) is 116 cm³/mol. The molecule has 1 aliphatic heterocycles. The minimum absolute atomic E-state index is 0.0542. The Labute approximate surface area is 188 Å². The Hall–Kier alpha value is -2.95. The van der Waals surface area contributed by atoms with E-state index in [1.807, 2.05) is 30.7 Å². The van der Waals surface area contributed by atoms with Gasteiger partial charge in [-0.1, -0.05) is 6.07 Å². The van der Waals surface area contributed by atoms with Gasteiger partial charge in [0.15, 0.2) is 0 Å². The molecule has 1 aliphatic rings. The molecule has 0 aliphatic carbocycles. The quantitative estimate of drug-likeness (QED) is 0.554. The zero-order chi connectivity index (χ0) is 24.2. The second-order valence-electron chi connectivity index (χ2n) is 8.73. The van der Waals surface area contributed by atoms with Gasteiger partial charge in [-0.25, -0.2) is 9.18 Å². The topological polar surface area (TPSA) is 59.2 Å². The number of rotatable bonds is 3. The van der Waals surface area contributed by atoms with Crippen molar-refractivity contribution in [1.82, 2.24) is 24.3 Å². The van der Waals surface area contributed by atoms with Crippen LogP contribution in [0.15, 0.2) is 29.2 Å². The van der Waals surface area contributed by atoms with E-state index >= 15 is 0 Å². The molecule has 1 aromatic carbocycles. The highest BCUT2D eigenvalue weighted by Crippen LogP contribution is 2.38. The van der Waals surface area contributed by atoms with Crippen LogP contribution in [0.5, 0.6) is 0 Å². The lowest BCUT2D eigenvalue weighted by atomic mass is 9.96. The van der Waals surface area contributed by atoms with Crippen LogP contribution in [0, 0.1) is 12.7 Å². The molecule has 3 aromatic rings. The molecule has 0 bridgehead atoms. The highest BCUT2D eigenvalue weighted by molar-refractivity contribution is 5.76. The Morgan fingerprint density at radius 1 is 1.15 bits per heavy atom. The maximum absolute atomic E-state index is 13.6. The summed E-state index contributed by atoms with van der Waals surface area (Å²) in [5.41, 5.74) is 0.798. The smallest absolute Gasteiger partial charge is 0.292 e. The molecule has 3 atom stereocenters. The first kappa shape index (κ1) is 23.2. The third-order valence-electron chi connectivity index (χ3n) is 6.52. The first-order valence-electron chi connectivity index (χ1n) is 10.7. The maximum Gasteiger partial charge on any atom is 0.416 e. The third-order valence-corrected chi connectivity index (χ3v) is 6.52. The van der Waals surface area contributed by atoms with Crippen LogP contribution in [-0.2, 0) is 13.2 Å². The van der Waals surface area contributed by atoms with E-state index in [1.54, 1.807) is 18.8 Å². The molecule has 4 rings (SSSR count). The lowest BCUT2D eigenvalue weighted by molar-refractivity contribution is -0.139. The van der Waals surface area contributed by atoms with Crippen LogP contribution in [0.4, 0.5) is 17.6 Å². The highest BCUT2D eigenvalue weighted by Gasteiger charge is 2.39. The second kappa shape index (κ2) is 8.12. The summed E-state index contributed by atoms with van der Waals surface area (Å²) in [6, 6.07) is 2.09. The number of halogens is 4. The fourth-order valence-corrected chi connectivity index (χ4v) is 4.81. The van der Waals surface area contributed by atoms with Gasteiger partial charge in [0.05, 0.1) is 35.6 Å². The average Bonchev–Trinajstić information content (AvgIpc) is 3.07. The van der Waals surface area contributed by atoms with Gasteiger partial charge in [0, 0.05) is 25.7 Å². The van der Waals surface area contributed by atoms with Gasteiger partial charge in [-0.3, -0.25) is 14.5 Å². The predicted octanol–water partition coefficient (Wildman–Crippen LogP) is 3.39. The van der Waals surface area contributed by atoms with E-state index in [4.69, 9.17) is 0 Å². The van der Waals surface area contributed by atoms with Crippen LogP contribution in [0.25, 0.3) is 11.0 Å². The van der Waals surface area contributed by atoms with E-state index in [0.717, 1.165) is 11.8 Å². The zero-order valence-electron chi connectivity index (χ0n) is 19.1. The maximum atomic E-state index is 13.6. The molecule has 0 spiro atoms. The van der Waals surface area contributed by atoms with Crippen molar-refractivity contribution in [2.24, 2.45) is 7.05 Å². The van der Waals surface area contributed by atoms with Crippen LogP contribution in [0.3, 0.4) is 0 Å². The van der Waals surface area contributed by atoms with Gasteiger partial charge in [0.2, 0.25) is 0 Å². The van der Waals surface area contributed by atoms with Gasteiger partial charge >= 0.3 is 11.9 Å². The Bertz CT molecular complexity index is 1250. The number of fused-ring (bicyclic) bond motifs is 1. The van der Waals surface area contributed by atoms with Gasteiger partial charge in [-0.05, 0) is 45.4 Å². The van der Waals surface area contributed by atoms with Crippen molar-refractivity contribution in [3.8, 4) is 0 Å². The molecule has 0 N–H and O–H groups in total. The largest absolute Gasteiger partial charge is 0.416 e. The van der Waals surface area contributed by atoms with E-state index in [-0.39, 0.29) is 23.3 Å². The fraction of sp³-hybridized carbons (Fsp3) is 0.500. The first-order chi connectivity index (χ1) is 15.4. The summed E-state index contributed by atoms with van der Waals surface area (Å²) in [5.74, 6) is -0.908. The standard InChI is InChI=1S/C22H26F4N6O/c1-12-11-31(32-15(4)20-19(28-32)9-27-21(33)29(20)5)13(2)10-30(12)14(3)17-7-6-16(23)8-18(17)22(24,25)26/h6-9,12-14H,10-11H2,1-5H3/t12-,13+,14?/m1/s1. The summed E-state index contributed by atoms with van der Waals surface area (Å²) in [6.45, 7) is 8.49. The molecule has 178 valence electrons. The zero-order valence-corrected chi connectivity index (χ0v) is 19.1. The second-order valence-corrected chi connectivity index (χ2v) is 8.73. The first-order valence-corrected chi connectivity index (χ1v) is 10.7. The molecule has 7 nitrogen and oxygen atoms in total.